The van der Waals surface area contributed by atoms with Gasteiger partial charge in [-0.1, -0.05) is 72.3 Å². The van der Waals surface area contributed by atoms with Crippen molar-refractivity contribution in [2.45, 2.75) is 5.92 Å². The van der Waals surface area contributed by atoms with Crippen molar-refractivity contribution >= 4 is 23.2 Å². The van der Waals surface area contributed by atoms with E-state index < -0.39 is 11.7 Å². The molecule has 0 atom stereocenters. The van der Waals surface area contributed by atoms with Gasteiger partial charge < -0.3 is 5.32 Å². The zero-order valence-corrected chi connectivity index (χ0v) is 13.5. The molecule has 0 bridgehead atoms. The van der Waals surface area contributed by atoms with Crippen molar-refractivity contribution in [1.82, 2.24) is 0 Å². The van der Waals surface area contributed by atoms with Gasteiger partial charge in [0.1, 0.15) is 5.82 Å². The molecule has 3 aromatic carbocycles. The number of carbonyl (C=O) groups is 1. The number of anilines is 1. The first-order chi connectivity index (χ1) is 11.6. The minimum absolute atomic E-state index is 0.112. The van der Waals surface area contributed by atoms with Crippen molar-refractivity contribution < 1.29 is 9.18 Å². The number of benzene rings is 3. The summed E-state index contributed by atoms with van der Waals surface area (Å²) in [5, 5.41) is 2.95. The molecule has 0 aliphatic heterocycles. The summed E-state index contributed by atoms with van der Waals surface area (Å²) in [6.45, 7) is 0. The Hall–Kier alpha value is -2.65. The fourth-order valence-corrected chi connectivity index (χ4v) is 2.74. The molecule has 1 N–H and O–H groups in total. The number of halogens is 2. The van der Waals surface area contributed by atoms with Gasteiger partial charge in [-0.25, -0.2) is 4.39 Å². The SMILES string of the molecule is O=C(Nc1ccc(Cl)cc1F)C(c1ccccc1)c1ccccc1. The summed E-state index contributed by atoms with van der Waals surface area (Å²) in [6.07, 6.45) is 0. The summed E-state index contributed by atoms with van der Waals surface area (Å²) >= 11 is 5.76. The number of carbonyl (C=O) groups excluding carboxylic acids is 1. The van der Waals surface area contributed by atoms with E-state index in [1.165, 1.54) is 12.1 Å². The molecule has 2 nitrogen and oxygen atoms in total. The third kappa shape index (κ3) is 3.63. The van der Waals surface area contributed by atoms with E-state index in [2.05, 4.69) is 5.32 Å². The molecule has 0 heterocycles. The fraction of sp³-hybridized carbons (Fsp3) is 0.0500. The number of rotatable bonds is 4. The van der Waals surface area contributed by atoms with Crippen LogP contribution in [0.15, 0.2) is 78.9 Å². The maximum absolute atomic E-state index is 14.0. The van der Waals surface area contributed by atoms with Crippen molar-refractivity contribution in [3.63, 3.8) is 0 Å². The number of hydrogen-bond acceptors (Lipinski definition) is 1. The first-order valence-corrected chi connectivity index (χ1v) is 7.89. The summed E-state index contributed by atoms with van der Waals surface area (Å²) in [6, 6.07) is 23.0. The third-order valence-electron chi connectivity index (χ3n) is 3.72. The van der Waals surface area contributed by atoms with Gasteiger partial charge in [-0.3, -0.25) is 4.79 Å². The lowest BCUT2D eigenvalue weighted by Gasteiger charge is -2.18. The zero-order chi connectivity index (χ0) is 16.9. The monoisotopic (exact) mass is 339 g/mol. The van der Waals surface area contributed by atoms with Crippen molar-refractivity contribution in [3.05, 3.63) is 101 Å². The average Bonchev–Trinajstić information content (AvgIpc) is 2.60. The molecule has 4 heteroatoms. The summed E-state index contributed by atoms with van der Waals surface area (Å²) in [5.41, 5.74) is 1.80. The van der Waals surface area contributed by atoms with E-state index >= 15 is 0 Å². The van der Waals surface area contributed by atoms with E-state index in [0.717, 1.165) is 11.1 Å². The van der Waals surface area contributed by atoms with Gasteiger partial charge in [0.25, 0.3) is 0 Å². The Bertz CT molecular complexity index is 797. The average molecular weight is 340 g/mol. The predicted molar refractivity (Wildman–Crippen MR) is 94.8 cm³/mol. The highest BCUT2D eigenvalue weighted by atomic mass is 35.5. The normalized spacial score (nSPS) is 10.6. The summed E-state index contributed by atoms with van der Waals surface area (Å²) in [7, 11) is 0. The van der Waals surface area contributed by atoms with Crippen LogP contribution >= 0.6 is 11.6 Å². The van der Waals surface area contributed by atoms with Gasteiger partial charge in [0.05, 0.1) is 11.6 Å². The zero-order valence-electron chi connectivity index (χ0n) is 12.7. The first kappa shape index (κ1) is 16.2. The Kier molecular flexibility index (Phi) is 4.92. The van der Waals surface area contributed by atoms with Gasteiger partial charge in [-0.05, 0) is 29.3 Å². The fourth-order valence-electron chi connectivity index (χ4n) is 2.58. The molecule has 0 radical (unpaired) electrons. The van der Waals surface area contributed by atoms with Gasteiger partial charge in [-0.2, -0.15) is 0 Å². The first-order valence-electron chi connectivity index (χ1n) is 7.51. The highest BCUT2D eigenvalue weighted by molar-refractivity contribution is 6.30. The highest BCUT2D eigenvalue weighted by Gasteiger charge is 2.23. The van der Waals surface area contributed by atoms with Crippen LogP contribution in [0.2, 0.25) is 5.02 Å². The second-order valence-corrected chi connectivity index (χ2v) is 5.80. The lowest BCUT2D eigenvalue weighted by Crippen LogP contribution is -2.22. The molecule has 0 aliphatic rings. The number of nitrogens with one attached hydrogen (secondary N) is 1. The molecular weight excluding hydrogens is 325 g/mol. The minimum atomic E-state index is -0.560. The molecule has 0 saturated carbocycles. The van der Waals surface area contributed by atoms with Crippen molar-refractivity contribution in [2.24, 2.45) is 0 Å². The van der Waals surface area contributed by atoms with E-state index in [1.807, 2.05) is 60.7 Å². The van der Waals surface area contributed by atoms with Crippen LogP contribution in [0, 0.1) is 5.82 Å². The second-order valence-electron chi connectivity index (χ2n) is 5.37. The summed E-state index contributed by atoms with van der Waals surface area (Å²) in [5.74, 6) is -1.38. The molecule has 3 aromatic rings. The largest absolute Gasteiger partial charge is 0.323 e. The van der Waals surface area contributed by atoms with Crippen LogP contribution in [0.3, 0.4) is 0 Å². The maximum Gasteiger partial charge on any atom is 0.236 e. The second kappa shape index (κ2) is 7.28. The lowest BCUT2D eigenvalue weighted by molar-refractivity contribution is -0.116. The molecule has 0 aliphatic carbocycles. The minimum Gasteiger partial charge on any atom is -0.323 e. The lowest BCUT2D eigenvalue weighted by atomic mass is 9.90. The summed E-state index contributed by atoms with van der Waals surface area (Å²) < 4.78 is 14.0. The molecule has 0 fully saturated rings. The van der Waals surface area contributed by atoms with Gasteiger partial charge in [0.15, 0.2) is 0 Å². The van der Waals surface area contributed by atoms with Crippen LogP contribution in [-0.4, -0.2) is 5.91 Å². The topological polar surface area (TPSA) is 29.1 Å². The van der Waals surface area contributed by atoms with Crippen LogP contribution in [0.4, 0.5) is 10.1 Å². The molecule has 1 amide bonds. The molecule has 0 aromatic heterocycles. The van der Waals surface area contributed by atoms with E-state index in [-0.39, 0.29) is 16.6 Å². The Labute approximate surface area is 144 Å². The molecule has 24 heavy (non-hydrogen) atoms. The maximum atomic E-state index is 14.0. The molecule has 0 unspecified atom stereocenters. The Balaban J connectivity index is 1.95. The van der Waals surface area contributed by atoms with Gasteiger partial charge >= 0.3 is 0 Å². The third-order valence-corrected chi connectivity index (χ3v) is 3.95. The van der Waals surface area contributed by atoms with Crippen LogP contribution in [0.5, 0.6) is 0 Å². The molecule has 0 spiro atoms. The number of amides is 1. The molecule has 0 saturated heterocycles. The van der Waals surface area contributed by atoms with Gasteiger partial charge in [-0.15, -0.1) is 0 Å². The van der Waals surface area contributed by atoms with E-state index in [4.69, 9.17) is 11.6 Å². The standard InChI is InChI=1S/C20H15ClFNO/c21-16-11-12-18(17(22)13-16)23-20(24)19(14-7-3-1-4-8-14)15-9-5-2-6-10-15/h1-13,19H,(H,23,24). The van der Waals surface area contributed by atoms with Crippen molar-refractivity contribution in [2.75, 3.05) is 5.32 Å². The Morgan fingerprint density at radius 1 is 0.875 bits per heavy atom. The van der Waals surface area contributed by atoms with Gasteiger partial charge in [0, 0.05) is 5.02 Å². The van der Waals surface area contributed by atoms with E-state index in [0.29, 0.717) is 0 Å². The highest BCUT2D eigenvalue weighted by Crippen LogP contribution is 2.27. The Morgan fingerprint density at radius 3 is 1.92 bits per heavy atom. The quantitative estimate of drug-likeness (QED) is 0.691. The van der Waals surface area contributed by atoms with Crippen molar-refractivity contribution in [1.29, 1.82) is 0 Å². The van der Waals surface area contributed by atoms with E-state index in [1.54, 1.807) is 6.07 Å². The van der Waals surface area contributed by atoms with Gasteiger partial charge in [0.2, 0.25) is 5.91 Å². The smallest absolute Gasteiger partial charge is 0.236 e. The molecular formula is C20H15ClFNO. The number of hydrogen-bond donors (Lipinski definition) is 1. The van der Waals surface area contributed by atoms with Crippen LogP contribution in [0.1, 0.15) is 17.0 Å². The van der Waals surface area contributed by atoms with Crippen molar-refractivity contribution in [3.8, 4) is 0 Å². The molecule has 120 valence electrons. The predicted octanol–water partition coefficient (Wildman–Crippen LogP) is 5.25. The summed E-state index contributed by atoms with van der Waals surface area (Å²) in [4.78, 5) is 12.8. The van der Waals surface area contributed by atoms with Crippen LogP contribution in [-0.2, 0) is 4.79 Å². The van der Waals surface area contributed by atoms with Crippen LogP contribution < -0.4 is 5.32 Å². The van der Waals surface area contributed by atoms with Crippen LogP contribution in [0.25, 0.3) is 0 Å². The Morgan fingerprint density at radius 2 is 1.42 bits per heavy atom. The molecule has 3 rings (SSSR count). The van der Waals surface area contributed by atoms with E-state index in [9.17, 15) is 9.18 Å².